The highest BCUT2D eigenvalue weighted by molar-refractivity contribution is 7.00. The second-order valence-electron chi connectivity index (χ2n) is 6.47. The van der Waals surface area contributed by atoms with E-state index in [-0.39, 0.29) is 11.8 Å². The fraction of sp³-hybridized carbons (Fsp3) is 0.316. The molecule has 0 fully saturated rings. The first-order valence-electron chi connectivity index (χ1n) is 8.40. The van der Waals surface area contributed by atoms with Crippen molar-refractivity contribution in [3.63, 3.8) is 0 Å². The number of rotatable bonds is 4. The molecule has 6 nitrogen and oxygen atoms in total. The molecular weight excluding hydrogens is 350 g/mol. The van der Waals surface area contributed by atoms with Crippen molar-refractivity contribution in [2.24, 2.45) is 5.92 Å². The number of methoxy groups -OCH3 is 1. The average Bonchev–Trinajstić information content (AvgIpc) is 3.14. The average molecular weight is 369 g/mol. The molecule has 134 valence electrons. The molecule has 0 bridgehead atoms. The maximum Gasteiger partial charge on any atom is 0.229 e. The van der Waals surface area contributed by atoms with Crippen LogP contribution in [-0.4, -0.2) is 40.3 Å². The fourth-order valence-corrected chi connectivity index (χ4v) is 3.75. The molecule has 2 heterocycles. The van der Waals surface area contributed by atoms with Crippen molar-refractivity contribution in [3.8, 4) is 11.5 Å². The molecule has 0 saturated carbocycles. The molecule has 26 heavy (non-hydrogen) atoms. The summed E-state index contributed by atoms with van der Waals surface area (Å²) in [5.41, 5.74) is 3.85. The Kier molecular flexibility index (Phi) is 4.46. The Morgan fingerprint density at radius 2 is 2.12 bits per heavy atom. The Morgan fingerprint density at radius 1 is 1.27 bits per heavy atom. The Bertz CT molecular complexity index is 956. The molecule has 1 aliphatic heterocycles. The molecule has 1 unspecified atom stereocenters. The Morgan fingerprint density at radius 3 is 2.96 bits per heavy atom. The number of carbonyl (C=O) groups is 1. The zero-order chi connectivity index (χ0) is 18.1. The summed E-state index contributed by atoms with van der Waals surface area (Å²) in [6.45, 7) is 0.927. The number of aromatic nitrogens is 2. The van der Waals surface area contributed by atoms with Crippen LogP contribution in [0.5, 0.6) is 11.5 Å². The molecule has 7 heteroatoms. The minimum atomic E-state index is -0.175. The molecule has 1 atom stereocenters. The minimum Gasteiger partial charge on any atom is -0.497 e. The number of hydrogen-bond donors (Lipinski definition) is 0. The third-order valence-electron chi connectivity index (χ3n) is 4.64. The maximum absolute atomic E-state index is 12.8. The second kappa shape index (κ2) is 6.92. The number of hydrogen-bond acceptors (Lipinski definition) is 6. The van der Waals surface area contributed by atoms with Gasteiger partial charge in [-0.25, -0.2) is 0 Å². The van der Waals surface area contributed by atoms with Crippen molar-refractivity contribution >= 4 is 28.7 Å². The van der Waals surface area contributed by atoms with Crippen LogP contribution in [-0.2, 0) is 17.8 Å². The van der Waals surface area contributed by atoms with Crippen molar-refractivity contribution in [2.75, 3.05) is 20.8 Å². The van der Waals surface area contributed by atoms with Crippen LogP contribution in [0.4, 0.5) is 0 Å². The molecule has 4 rings (SSSR count). The predicted molar refractivity (Wildman–Crippen MR) is 99.6 cm³/mol. The highest BCUT2D eigenvalue weighted by Crippen LogP contribution is 2.31. The molecule has 0 radical (unpaired) electrons. The zero-order valence-electron chi connectivity index (χ0n) is 14.6. The fourth-order valence-electron chi connectivity index (χ4n) is 3.23. The molecule has 0 N–H and O–H groups in total. The van der Waals surface area contributed by atoms with Crippen LogP contribution in [0.2, 0.25) is 0 Å². The minimum absolute atomic E-state index is 0.0861. The predicted octanol–water partition coefficient (Wildman–Crippen LogP) is 2.91. The number of ether oxygens (including phenoxy) is 2. The first-order valence-corrected chi connectivity index (χ1v) is 9.13. The van der Waals surface area contributed by atoms with Crippen molar-refractivity contribution in [1.82, 2.24) is 13.6 Å². The van der Waals surface area contributed by atoms with Crippen molar-refractivity contribution in [2.45, 2.75) is 13.0 Å². The van der Waals surface area contributed by atoms with Crippen molar-refractivity contribution < 1.29 is 14.3 Å². The van der Waals surface area contributed by atoms with Crippen LogP contribution in [0.15, 0.2) is 36.4 Å². The van der Waals surface area contributed by atoms with E-state index in [1.165, 1.54) is 11.7 Å². The van der Waals surface area contributed by atoms with Crippen LogP contribution in [0.1, 0.15) is 11.1 Å². The molecule has 1 aromatic heterocycles. The van der Waals surface area contributed by atoms with E-state index in [9.17, 15) is 4.79 Å². The van der Waals surface area contributed by atoms with Gasteiger partial charge in [0.25, 0.3) is 0 Å². The van der Waals surface area contributed by atoms with Crippen molar-refractivity contribution in [1.29, 1.82) is 0 Å². The maximum atomic E-state index is 12.8. The Balaban J connectivity index is 1.44. The van der Waals surface area contributed by atoms with Crippen LogP contribution in [0.25, 0.3) is 11.0 Å². The molecule has 3 aromatic rings. The van der Waals surface area contributed by atoms with Gasteiger partial charge in [-0.3, -0.25) is 4.79 Å². The summed E-state index contributed by atoms with van der Waals surface area (Å²) >= 11 is 1.20. The van der Waals surface area contributed by atoms with E-state index < -0.39 is 0 Å². The van der Waals surface area contributed by atoms with E-state index >= 15 is 0 Å². The molecule has 1 amide bonds. The van der Waals surface area contributed by atoms with Gasteiger partial charge in [0.2, 0.25) is 5.91 Å². The lowest BCUT2D eigenvalue weighted by molar-refractivity contribution is -0.136. The molecular formula is C19H19N3O3S. The van der Waals surface area contributed by atoms with Crippen molar-refractivity contribution in [3.05, 3.63) is 47.5 Å². The summed E-state index contributed by atoms with van der Waals surface area (Å²) in [7, 11) is 3.46. The second-order valence-corrected chi connectivity index (χ2v) is 7.00. The highest BCUT2D eigenvalue weighted by atomic mass is 32.1. The Hall–Kier alpha value is -2.67. The monoisotopic (exact) mass is 369 g/mol. The van der Waals surface area contributed by atoms with Gasteiger partial charge in [0.05, 0.1) is 24.8 Å². The topological polar surface area (TPSA) is 64.6 Å². The number of fused-ring (bicyclic) bond motifs is 2. The van der Waals surface area contributed by atoms with Gasteiger partial charge < -0.3 is 14.4 Å². The van der Waals surface area contributed by atoms with E-state index in [0.717, 1.165) is 33.7 Å². The van der Waals surface area contributed by atoms with Gasteiger partial charge in [0.1, 0.15) is 29.1 Å². The Labute approximate surface area is 155 Å². The molecule has 0 aliphatic carbocycles. The number of benzene rings is 2. The van der Waals surface area contributed by atoms with Gasteiger partial charge in [-0.15, -0.1) is 0 Å². The van der Waals surface area contributed by atoms with Crippen LogP contribution in [0.3, 0.4) is 0 Å². The van der Waals surface area contributed by atoms with Gasteiger partial charge in [0, 0.05) is 19.7 Å². The quantitative estimate of drug-likeness (QED) is 0.707. The smallest absolute Gasteiger partial charge is 0.229 e. The van der Waals surface area contributed by atoms with E-state index in [1.54, 1.807) is 12.0 Å². The first-order chi connectivity index (χ1) is 12.6. The van der Waals surface area contributed by atoms with Gasteiger partial charge in [-0.2, -0.15) is 8.75 Å². The van der Waals surface area contributed by atoms with E-state index in [1.807, 2.05) is 43.4 Å². The third kappa shape index (κ3) is 3.22. The van der Waals surface area contributed by atoms with E-state index in [4.69, 9.17) is 9.47 Å². The zero-order valence-corrected chi connectivity index (χ0v) is 15.5. The number of amides is 1. The van der Waals surface area contributed by atoms with Crippen LogP contribution < -0.4 is 9.47 Å². The lowest BCUT2D eigenvalue weighted by Gasteiger charge is -2.28. The number of nitrogens with zero attached hydrogens (tertiary/aromatic N) is 3. The summed E-state index contributed by atoms with van der Waals surface area (Å²) in [6, 6.07) is 11.7. The van der Waals surface area contributed by atoms with Gasteiger partial charge in [0.15, 0.2) is 0 Å². The standard InChI is InChI=1S/C19H19N3O3S/c1-22(10-12-3-6-16-17(7-12)21-26-20-16)19(23)14-8-13-4-5-15(24-2)9-18(13)25-11-14/h3-7,9,14H,8,10-11H2,1-2H3. The highest BCUT2D eigenvalue weighted by Gasteiger charge is 2.28. The van der Waals surface area contributed by atoms with E-state index in [2.05, 4.69) is 8.75 Å². The normalized spacial score (nSPS) is 16.0. The molecule has 0 saturated heterocycles. The third-order valence-corrected chi connectivity index (χ3v) is 5.20. The lowest BCUT2D eigenvalue weighted by Crippen LogP contribution is -2.38. The van der Waals surface area contributed by atoms with Gasteiger partial charge >= 0.3 is 0 Å². The summed E-state index contributed by atoms with van der Waals surface area (Å²) in [5.74, 6) is 1.48. The molecule has 0 spiro atoms. The lowest BCUT2D eigenvalue weighted by atomic mass is 9.95. The van der Waals surface area contributed by atoms with Crippen LogP contribution in [0, 0.1) is 5.92 Å². The summed E-state index contributed by atoms with van der Waals surface area (Å²) in [6.07, 6.45) is 0.678. The summed E-state index contributed by atoms with van der Waals surface area (Å²) in [5, 5.41) is 0. The summed E-state index contributed by atoms with van der Waals surface area (Å²) < 4.78 is 19.5. The van der Waals surface area contributed by atoms with Gasteiger partial charge in [-0.05, 0) is 35.7 Å². The number of carbonyl (C=O) groups excluding carboxylic acids is 1. The molecule has 2 aromatic carbocycles. The SMILES string of the molecule is COc1ccc2c(c1)OCC(C(=O)N(C)Cc1ccc3nsnc3c1)C2. The molecule has 1 aliphatic rings. The first kappa shape index (κ1) is 16.8. The van der Waals surface area contributed by atoms with Gasteiger partial charge in [-0.1, -0.05) is 12.1 Å². The van der Waals surface area contributed by atoms with E-state index in [0.29, 0.717) is 19.6 Å². The van der Waals surface area contributed by atoms with Crippen LogP contribution >= 0.6 is 11.7 Å². The largest absolute Gasteiger partial charge is 0.497 e. The summed E-state index contributed by atoms with van der Waals surface area (Å²) in [4.78, 5) is 14.6.